The van der Waals surface area contributed by atoms with Crippen LogP contribution in [-0.2, 0) is 11.3 Å². The molecule has 0 saturated carbocycles. The minimum Gasteiger partial charge on any atom is -0.289 e. The first kappa shape index (κ1) is 9.80. The second-order valence-corrected chi connectivity index (χ2v) is 3.52. The zero-order valence-corrected chi connectivity index (χ0v) is 8.08. The number of hydrogen-bond acceptors (Lipinski definition) is 1. The van der Waals surface area contributed by atoms with Gasteiger partial charge in [-0.3, -0.25) is 9.27 Å². The molecule has 0 bridgehead atoms. The summed E-state index contributed by atoms with van der Waals surface area (Å²) in [7, 11) is 0. The molecule has 6 heteroatoms. The van der Waals surface area contributed by atoms with Crippen molar-refractivity contribution < 1.29 is 8.76 Å². The lowest BCUT2D eigenvalue weighted by molar-refractivity contribution is 0.570. The first-order chi connectivity index (χ1) is 5.59. The molecular weight excluding hydrogens is 221 g/mol. The van der Waals surface area contributed by atoms with Gasteiger partial charge in [0.05, 0.1) is 10.7 Å². The molecule has 0 aliphatic rings. The Morgan fingerprint density at radius 1 is 1.42 bits per heavy atom. The van der Waals surface area contributed by atoms with Gasteiger partial charge in [-0.1, -0.05) is 23.2 Å². The minimum atomic E-state index is -2.13. The fourth-order valence-electron chi connectivity index (χ4n) is 0.670. The molecular formula is C6H5Cl2NO2S. The van der Waals surface area contributed by atoms with E-state index in [9.17, 15) is 4.21 Å². The number of benzene rings is 1. The van der Waals surface area contributed by atoms with E-state index in [1.54, 1.807) is 12.1 Å². The predicted molar refractivity (Wildman–Crippen MR) is 50.9 cm³/mol. The summed E-state index contributed by atoms with van der Waals surface area (Å²) >= 11 is 9.17. The highest BCUT2D eigenvalue weighted by Crippen LogP contribution is 2.25. The van der Waals surface area contributed by atoms with Gasteiger partial charge in [0.2, 0.25) is 0 Å². The van der Waals surface area contributed by atoms with E-state index < -0.39 is 11.3 Å². The SMILES string of the molecule is O=S(O)Nc1cc(Cl)ccc1Cl. The van der Waals surface area contributed by atoms with Crippen LogP contribution >= 0.6 is 23.2 Å². The quantitative estimate of drug-likeness (QED) is 0.761. The molecule has 66 valence electrons. The molecule has 1 unspecified atom stereocenters. The monoisotopic (exact) mass is 225 g/mol. The van der Waals surface area contributed by atoms with Crippen LogP contribution in [0.2, 0.25) is 10.0 Å². The molecule has 0 aliphatic heterocycles. The molecule has 0 amide bonds. The average molecular weight is 226 g/mol. The van der Waals surface area contributed by atoms with Gasteiger partial charge in [-0.15, -0.1) is 0 Å². The van der Waals surface area contributed by atoms with Crippen molar-refractivity contribution in [1.29, 1.82) is 0 Å². The first-order valence-electron chi connectivity index (χ1n) is 2.92. The highest BCUT2D eigenvalue weighted by molar-refractivity contribution is 7.80. The first-order valence-corrected chi connectivity index (χ1v) is 4.78. The normalized spacial score (nSPS) is 12.6. The van der Waals surface area contributed by atoms with Crippen molar-refractivity contribution in [3.63, 3.8) is 0 Å². The van der Waals surface area contributed by atoms with Gasteiger partial charge in [-0.05, 0) is 18.2 Å². The van der Waals surface area contributed by atoms with Crippen molar-refractivity contribution in [1.82, 2.24) is 0 Å². The Labute approximate surface area is 82.1 Å². The summed E-state index contributed by atoms with van der Waals surface area (Å²) in [6.45, 7) is 0. The molecule has 12 heavy (non-hydrogen) atoms. The molecule has 1 aromatic rings. The van der Waals surface area contributed by atoms with Crippen molar-refractivity contribution in [3.8, 4) is 0 Å². The van der Waals surface area contributed by atoms with Crippen molar-refractivity contribution in [2.75, 3.05) is 4.72 Å². The molecule has 0 saturated heterocycles. The van der Waals surface area contributed by atoms with Gasteiger partial charge in [-0.25, -0.2) is 4.21 Å². The molecule has 0 spiro atoms. The third-order valence-corrected chi connectivity index (χ3v) is 2.08. The Kier molecular flexibility index (Phi) is 3.34. The van der Waals surface area contributed by atoms with Crippen molar-refractivity contribution in [2.24, 2.45) is 0 Å². The van der Waals surface area contributed by atoms with Gasteiger partial charge in [0.15, 0.2) is 0 Å². The van der Waals surface area contributed by atoms with E-state index in [1.807, 2.05) is 0 Å². The zero-order valence-electron chi connectivity index (χ0n) is 5.75. The number of halogens is 2. The summed E-state index contributed by atoms with van der Waals surface area (Å²) in [6.07, 6.45) is 0. The van der Waals surface area contributed by atoms with E-state index in [0.29, 0.717) is 15.7 Å². The lowest BCUT2D eigenvalue weighted by atomic mass is 10.3. The Balaban J connectivity index is 2.97. The molecule has 0 heterocycles. The number of hydrogen-bond donors (Lipinski definition) is 2. The van der Waals surface area contributed by atoms with Gasteiger partial charge >= 0.3 is 0 Å². The van der Waals surface area contributed by atoms with Crippen LogP contribution in [0.3, 0.4) is 0 Å². The van der Waals surface area contributed by atoms with Crippen molar-refractivity contribution >= 4 is 40.2 Å². The number of nitrogens with one attached hydrogen (secondary N) is 1. The second-order valence-electron chi connectivity index (χ2n) is 1.98. The summed E-state index contributed by atoms with van der Waals surface area (Å²) in [5, 5.41) is 0.800. The van der Waals surface area contributed by atoms with E-state index in [-0.39, 0.29) is 0 Å². The molecule has 2 N–H and O–H groups in total. The van der Waals surface area contributed by atoms with Gasteiger partial charge < -0.3 is 0 Å². The van der Waals surface area contributed by atoms with Gasteiger partial charge in [0.1, 0.15) is 0 Å². The lowest BCUT2D eigenvalue weighted by Gasteiger charge is -2.03. The summed E-state index contributed by atoms with van der Waals surface area (Å²) in [5.41, 5.74) is 0.338. The van der Waals surface area contributed by atoms with Crippen LogP contribution in [0, 0.1) is 0 Å². The van der Waals surface area contributed by atoms with E-state index in [2.05, 4.69) is 4.72 Å². The molecule has 0 radical (unpaired) electrons. The summed E-state index contributed by atoms with van der Waals surface area (Å²) in [5.74, 6) is 0. The third kappa shape index (κ3) is 2.64. The Bertz CT molecular complexity index is 318. The Hall–Kier alpha value is -0.290. The fraction of sp³-hybridized carbons (Fsp3) is 0. The molecule has 0 aliphatic carbocycles. The molecule has 0 fully saturated rings. The smallest absolute Gasteiger partial charge is 0.259 e. The summed E-state index contributed by atoms with van der Waals surface area (Å²) in [6, 6.07) is 4.60. The predicted octanol–water partition coefficient (Wildman–Crippen LogP) is 2.54. The van der Waals surface area contributed by atoms with Crippen LogP contribution in [0.1, 0.15) is 0 Å². The van der Waals surface area contributed by atoms with E-state index in [1.165, 1.54) is 6.07 Å². The average Bonchev–Trinajstić information content (AvgIpc) is 1.96. The summed E-state index contributed by atoms with van der Waals surface area (Å²) in [4.78, 5) is 0. The minimum absolute atomic E-state index is 0.338. The number of anilines is 1. The molecule has 1 rings (SSSR count). The van der Waals surface area contributed by atoms with E-state index >= 15 is 0 Å². The van der Waals surface area contributed by atoms with Crippen molar-refractivity contribution in [2.45, 2.75) is 0 Å². The lowest BCUT2D eigenvalue weighted by Crippen LogP contribution is -2.01. The molecule has 0 aromatic heterocycles. The highest BCUT2D eigenvalue weighted by atomic mass is 35.5. The zero-order chi connectivity index (χ0) is 9.14. The van der Waals surface area contributed by atoms with Crippen LogP contribution < -0.4 is 4.72 Å². The Morgan fingerprint density at radius 2 is 2.08 bits per heavy atom. The standard InChI is InChI=1S/C6H5Cl2NO2S/c7-4-1-2-5(8)6(3-4)9-12(10)11/h1-3,9H,(H,10,11). The van der Waals surface area contributed by atoms with Crippen molar-refractivity contribution in [3.05, 3.63) is 28.2 Å². The third-order valence-electron chi connectivity index (χ3n) is 1.13. The maximum absolute atomic E-state index is 10.3. The highest BCUT2D eigenvalue weighted by Gasteiger charge is 2.02. The van der Waals surface area contributed by atoms with Crippen LogP contribution in [0.25, 0.3) is 0 Å². The van der Waals surface area contributed by atoms with Crippen LogP contribution in [0.4, 0.5) is 5.69 Å². The van der Waals surface area contributed by atoms with Gasteiger partial charge in [0.25, 0.3) is 11.3 Å². The maximum Gasteiger partial charge on any atom is 0.259 e. The van der Waals surface area contributed by atoms with Crippen LogP contribution in [0.15, 0.2) is 18.2 Å². The van der Waals surface area contributed by atoms with E-state index in [4.69, 9.17) is 27.8 Å². The molecule has 1 aromatic carbocycles. The Morgan fingerprint density at radius 3 is 2.67 bits per heavy atom. The second kappa shape index (κ2) is 4.09. The van der Waals surface area contributed by atoms with Gasteiger partial charge in [0, 0.05) is 5.02 Å². The van der Waals surface area contributed by atoms with Crippen LogP contribution in [0.5, 0.6) is 0 Å². The molecule has 1 atom stereocenters. The number of rotatable bonds is 2. The topological polar surface area (TPSA) is 49.3 Å². The van der Waals surface area contributed by atoms with E-state index in [0.717, 1.165) is 0 Å². The van der Waals surface area contributed by atoms with Crippen LogP contribution in [-0.4, -0.2) is 8.76 Å². The summed E-state index contributed by atoms with van der Waals surface area (Å²) < 4.78 is 21.0. The molecule has 3 nitrogen and oxygen atoms in total. The largest absolute Gasteiger partial charge is 0.289 e. The maximum atomic E-state index is 10.3. The fourth-order valence-corrected chi connectivity index (χ4v) is 1.42. The van der Waals surface area contributed by atoms with Gasteiger partial charge in [-0.2, -0.15) is 0 Å².